The van der Waals surface area contributed by atoms with Crippen molar-refractivity contribution in [3.63, 3.8) is 0 Å². The molecular formula is C16H23NO4S. The Morgan fingerprint density at radius 2 is 2.05 bits per heavy atom. The van der Waals surface area contributed by atoms with Crippen LogP contribution in [0.2, 0.25) is 0 Å². The van der Waals surface area contributed by atoms with Gasteiger partial charge in [0.25, 0.3) is 0 Å². The standard InChI is InChI=1S/C16H23NO4S/c1-4-9-17(11-13-5-6-13)22(19,20)15-8-7-14(10-12(15)2)16(18)21-3/h7-8,10,13H,4-6,9,11H2,1-3H3. The van der Waals surface area contributed by atoms with Crippen LogP contribution in [-0.2, 0) is 14.8 Å². The van der Waals surface area contributed by atoms with Gasteiger partial charge in [0.2, 0.25) is 10.0 Å². The third kappa shape index (κ3) is 3.67. The van der Waals surface area contributed by atoms with Crippen molar-refractivity contribution < 1.29 is 17.9 Å². The van der Waals surface area contributed by atoms with Crippen LogP contribution in [0.15, 0.2) is 23.1 Å². The van der Waals surface area contributed by atoms with E-state index in [1.54, 1.807) is 17.3 Å². The van der Waals surface area contributed by atoms with Gasteiger partial charge in [0, 0.05) is 13.1 Å². The average Bonchev–Trinajstić information content (AvgIpc) is 3.29. The molecule has 0 amide bonds. The first-order chi connectivity index (χ1) is 10.4. The third-order valence-electron chi connectivity index (χ3n) is 3.85. The van der Waals surface area contributed by atoms with Gasteiger partial charge in [0.1, 0.15) is 0 Å². The maximum atomic E-state index is 12.9. The van der Waals surface area contributed by atoms with Gasteiger partial charge < -0.3 is 4.74 Å². The topological polar surface area (TPSA) is 63.7 Å². The minimum Gasteiger partial charge on any atom is -0.465 e. The Labute approximate surface area is 132 Å². The largest absolute Gasteiger partial charge is 0.465 e. The number of benzene rings is 1. The van der Waals surface area contributed by atoms with Gasteiger partial charge in [-0.1, -0.05) is 6.92 Å². The van der Waals surface area contributed by atoms with Gasteiger partial charge >= 0.3 is 5.97 Å². The molecule has 1 fully saturated rings. The van der Waals surface area contributed by atoms with Crippen LogP contribution in [-0.4, -0.2) is 38.9 Å². The molecule has 122 valence electrons. The molecule has 1 aliphatic carbocycles. The summed E-state index contributed by atoms with van der Waals surface area (Å²) in [4.78, 5) is 11.8. The highest BCUT2D eigenvalue weighted by atomic mass is 32.2. The molecule has 22 heavy (non-hydrogen) atoms. The average molecular weight is 325 g/mol. The molecule has 6 heteroatoms. The fourth-order valence-electron chi connectivity index (χ4n) is 2.47. The summed E-state index contributed by atoms with van der Waals surface area (Å²) >= 11 is 0. The normalized spacial score (nSPS) is 15.1. The molecule has 0 spiro atoms. The van der Waals surface area contributed by atoms with E-state index in [9.17, 15) is 13.2 Å². The van der Waals surface area contributed by atoms with E-state index >= 15 is 0 Å². The molecule has 0 bridgehead atoms. The molecule has 0 radical (unpaired) electrons. The predicted molar refractivity (Wildman–Crippen MR) is 84.3 cm³/mol. The fraction of sp³-hybridized carbons (Fsp3) is 0.562. The van der Waals surface area contributed by atoms with Crippen molar-refractivity contribution in [2.75, 3.05) is 20.2 Å². The predicted octanol–water partition coefficient (Wildman–Crippen LogP) is 2.59. The summed E-state index contributed by atoms with van der Waals surface area (Å²) in [5.41, 5.74) is 0.933. The van der Waals surface area contributed by atoms with E-state index < -0.39 is 16.0 Å². The summed E-state index contributed by atoms with van der Waals surface area (Å²) in [6.45, 7) is 4.80. The van der Waals surface area contributed by atoms with Crippen molar-refractivity contribution in [2.24, 2.45) is 5.92 Å². The molecule has 0 saturated heterocycles. The highest BCUT2D eigenvalue weighted by Crippen LogP contribution is 2.32. The fourth-order valence-corrected chi connectivity index (χ4v) is 4.28. The van der Waals surface area contributed by atoms with Gasteiger partial charge in [-0.15, -0.1) is 0 Å². The monoisotopic (exact) mass is 325 g/mol. The zero-order valence-corrected chi connectivity index (χ0v) is 14.1. The van der Waals surface area contributed by atoms with Crippen molar-refractivity contribution in [1.29, 1.82) is 0 Å². The lowest BCUT2D eigenvalue weighted by Gasteiger charge is -2.22. The van der Waals surface area contributed by atoms with Crippen LogP contribution in [0.1, 0.15) is 42.1 Å². The molecule has 0 atom stereocenters. The van der Waals surface area contributed by atoms with Crippen LogP contribution in [0.4, 0.5) is 0 Å². The van der Waals surface area contributed by atoms with Crippen molar-refractivity contribution in [3.8, 4) is 0 Å². The molecule has 1 aromatic carbocycles. The Morgan fingerprint density at radius 3 is 2.55 bits per heavy atom. The lowest BCUT2D eigenvalue weighted by Crippen LogP contribution is -2.34. The van der Waals surface area contributed by atoms with Crippen molar-refractivity contribution in [2.45, 2.75) is 38.0 Å². The summed E-state index contributed by atoms with van der Waals surface area (Å²) in [7, 11) is -2.21. The van der Waals surface area contributed by atoms with E-state index in [0.29, 0.717) is 30.1 Å². The lowest BCUT2D eigenvalue weighted by atomic mass is 10.1. The second-order valence-electron chi connectivity index (χ2n) is 5.78. The molecule has 2 rings (SSSR count). The van der Waals surface area contributed by atoms with Gasteiger partial charge in [0.15, 0.2) is 0 Å². The molecule has 1 saturated carbocycles. The quantitative estimate of drug-likeness (QED) is 0.723. The van der Waals surface area contributed by atoms with E-state index in [1.807, 2.05) is 6.92 Å². The van der Waals surface area contributed by atoms with Crippen molar-refractivity contribution in [3.05, 3.63) is 29.3 Å². The lowest BCUT2D eigenvalue weighted by molar-refractivity contribution is 0.0600. The minimum absolute atomic E-state index is 0.272. The zero-order valence-electron chi connectivity index (χ0n) is 13.3. The molecule has 1 aromatic rings. The zero-order chi connectivity index (χ0) is 16.3. The van der Waals surface area contributed by atoms with E-state index in [2.05, 4.69) is 4.74 Å². The summed E-state index contributed by atoms with van der Waals surface area (Å²) in [6, 6.07) is 4.58. The van der Waals surface area contributed by atoms with Crippen LogP contribution in [0.3, 0.4) is 0 Å². The Morgan fingerprint density at radius 1 is 1.36 bits per heavy atom. The number of aryl methyl sites for hydroxylation is 1. The Bertz CT molecular complexity index is 650. The molecule has 0 aromatic heterocycles. The van der Waals surface area contributed by atoms with E-state index in [4.69, 9.17) is 0 Å². The number of sulfonamides is 1. The minimum atomic E-state index is -3.52. The van der Waals surface area contributed by atoms with Crippen molar-refractivity contribution in [1.82, 2.24) is 4.31 Å². The number of ether oxygens (including phenoxy) is 1. The summed E-state index contributed by atoms with van der Waals surface area (Å²) in [5.74, 6) is 0.0337. The summed E-state index contributed by atoms with van der Waals surface area (Å²) < 4.78 is 32.0. The van der Waals surface area contributed by atoms with Crippen LogP contribution in [0.25, 0.3) is 0 Å². The van der Waals surface area contributed by atoms with Crippen molar-refractivity contribution >= 4 is 16.0 Å². The molecule has 1 aliphatic rings. The molecule has 0 unspecified atom stereocenters. The van der Waals surface area contributed by atoms with Crippen LogP contribution < -0.4 is 0 Å². The van der Waals surface area contributed by atoms with Gasteiger partial charge in [0.05, 0.1) is 17.6 Å². The molecule has 0 N–H and O–H groups in total. The molecular weight excluding hydrogens is 302 g/mol. The highest BCUT2D eigenvalue weighted by molar-refractivity contribution is 7.89. The number of rotatable bonds is 7. The second kappa shape index (κ2) is 6.79. The van der Waals surface area contributed by atoms with E-state index in [0.717, 1.165) is 19.3 Å². The molecule has 5 nitrogen and oxygen atoms in total. The number of carbonyl (C=O) groups excluding carboxylic acids is 1. The SMILES string of the molecule is CCCN(CC1CC1)S(=O)(=O)c1ccc(C(=O)OC)cc1C. The van der Waals surface area contributed by atoms with Crippen LogP contribution >= 0.6 is 0 Å². The Kier molecular flexibility index (Phi) is 5.24. The maximum absolute atomic E-state index is 12.9. The van der Waals surface area contributed by atoms with Gasteiger partial charge in [-0.2, -0.15) is 4.31 Å². The first-order valence-corrected chi connectivity index (χ1v) is 9.03. The third-order valence-corrected chi connectivity index (χ3v) is 5.87. The smallest absolute Gasteiger partial charge is 0.337 e. The van der Waals surface area contributed by atoms with Crippen LogP contribution in [0, 0.1) is 12.8 Å². The number of carbonyl (C=O) groups is 1. The Hall–Kier alpha value is -1.40. The Balaban J connectivity index is 2.32. The van der Waals surface area contributed by atoms with Gasteiger partial charge in [-0.3, -0.25) is 0 Å². The first-order valence-electron chi connectivity index (χ1n) is 7.59. The number of esters is 1. The first kappa shape index (κ1) is 17.0. The summed E-state index contributed by atoms with van der Waals surface area (Å²) in [5, 5.41) is 0. The van der Waals surface area contributed by atoms with Gasteiger partial charge in [-0.25, -0.2) is 13.2 Å². The highest BCUT2D eigenvalue weighted by Gasteiger charge is 2.32. The molecule has 0 aliphatic heterocycles. The maximum Gasteiger partial charge on any atom is 0.337 e. The van der Waals surface area contributed by atoms with Gasteiger partial charge in [-0.05, 0) is 55.9 Å². The van der Waals surface area contributed by atoms with E-state index in [1.165, 1.54) is 19.2 Å². The number of nitrogens with zero attached hydrogens (tertiary/aromatic N) is 1. The molecule has 0 heterocycles. The van der Waals surface area contributed by atoms with E-state index in [-0.39, 0.29) is 4.90 Å². The number of hydrogen-bond acceptors (Lipinski definition) is 4. The number of methoxy groups -OCH3 is 1. The second-order valence-corrected chi connectivity index (χ2v) is 7.68. The summed E-state index contributed by atoms with van der Waals surface area (Å²) in [6.07, 6.45) is 3.00. The number of hydrogen-bond donors (Lipinski definition) is 0. The van der Waals surface area contributed by atoms with Crippen LogP contribution in [0.5, 0.6) is 0 Å².